The maximum atomic E-state index is 5.82. The highest BCUT2D eigenvalue weighted by Gasteiger charge is 2.22. The van der Waals surface area contributed by atoms with Crippen molar-refractivity contribution in [2.24, 2.45) is 5.84 Å². The number of nitrogens with one attached hydrogen (secondary N) is 1. The Balaban J connectivity index is 2.35. The van der Waals surface area contributed by atoms with Gasteiger partial charge in [0.25, 0.3) is 0 Å². The number of benzene rings is 1. The third kappa shape index (κ3) is 3.50. The van der Waals surface area contributed by atoms with Crippen LogP contribution in [0.1, 0.15) is 42.8 Å². The molecule has 3 N–H and O–H groups in total. The highest BCUT2D eigenvalue weighted by Crippen LogP contribution is 2.33. The lowest BCUT2D eigenvalue weighted by Gasteiger charge is -2.27. The molecule has 2 nitrogen and oxygen atoms in total. The first-order valence-electron chi connectivity index (χ1n) is 6.71. The van der Waals surface area contributed by atoms with Gasteiger partial charge in [-0.3, -0.25) is 11.3 Å². The van der Waals surface area contributed by atoms with Crippen molar-refractivity contribution < 1.29 is 0 Å². The van der Waals surface area contributed by atoms with Crippen LogP contribution in [0.2, 0.25) is 0 Å². The number of nitrogens with two attached hydrogens (primary N) is 1. The highest BCUT2D eigenvalue weighted by molar-refractivity contribution is 9.10. The van der Waals surface area contributed by atoms with Gasteiger partial charge in [-0.15, -0.1) is 11.3 Å². The molecule has 1 unspecified atom stereocenters. The lowest BCUT2D eigenvalue weighted by Crippen LogP contribution is -2.31. The Bertz CT molecular complexity index is 572. The van der Waals surface area contributed by atoms with Gasteiger partial charge in [0.15, 0.2) is 0 Å². The maximum absolute atomic E-state index is 5.82. The molecule has 1 atom stereocenters. The molecule has 2 aromatic rings. The van der Waals surface area contributed by atoms with Crippen LogP contribution in [-0.4, -0.2) is 0 Å². The fourth-order valence-electron chi connectivity index (χ4n) is 2.40. The molecule has 1 aromatic heterocycles. The quantitative estimate of drug-likeness (QED) is 0.625. The van der Waals surface area contributed by atoms with Gasteiger partial charge in [0.2, 0.25) is 0 Å². The predicted octanol–water partition coefficient (Wildman–Crippen LogP) is 4.56. The van der Waals surface area contributed by atoms with E-state index in [1.165, 1.54) is 16.0 Å². The fraction of sp³-hybridized carbons (Fsp3) is 0.375. The minimum atomic E-state index is 0.109. The van der Waals surface area contributed by atoms with Crippen molar-refractivity contribution >= 4 is 27.3 Å². The van der Waals surface area contributed by atoms with E-state index in [2.05, 4.69) is 77.8 Å². The van der Waals surface area contributed by atoms with Crippen LogP contribution < -0.4 is 11.3 Å². The summed E-state index contributed by atoms with van der Waals surface area (Å²) in [5.41, 5.74) is 5.72. The summed E-state index contributed by atoms with van der Waals surface area (Å²) in [6.45, 7) is 6.71. The normalized spacial score (nSPS) is 13.4. The zero-order valence-corrected chi connectivity index (χ0v) is 14.5. The average molecular weight is 353 g/mol. The molecule has 108 valence electrons. The zero-order chi connectivity index (χ0) is 14.8. The van der Waals surface area contributed by atoms with Gasteiger partial charge < -0.3 is 0 Å². The van der Waals surface area contributed by atoms with Crippen molar-refractivity contribution in [1.82, 2.24) is 5.43 Å². The van der Waals surface area contributed by atoms with E-state index in [9.17, 15) is 0 Å². The summed E-state index contributed by atoms with van der Waals surface area (Å²) in [6.07, 6.45) is 0.891. The van der Waals surface area contributed by atoms with E-state index in [0.717, 1.165) is 10.9 Å². The van der Waals surface area contributed by atoms with E-state index >= 15 is 0 Å². The Hall–Kier alpha value is -0.680. The summed E-state index contributed by atoms with van der Waals surface area (Å²) in [7, 11) is 0. The van der Waals surface area contributed by atoms with Gasteiger partial charge in [0.05, 0.1) is 6.04 Å². The molecule has 0 aliphatic rings. The second kappa shape index (κ2) is 6.39. The van der Waals surface area contributed by atoms with Crippen LogP contribution >= 0.6 is 27.3 Å². The Kier molecular flexibility index (Phi) is 5.02. The second-order valence-corrected chi connectivity index (χ2v) is 7.81. The molecule has 0 saturated heterocycles. The lowest BCUT2D eigenvalue weighted by molar-refractivity contribution is 0.520. The molecule has 0 aliphatic carbocycles. The van der Waals surface area contributed by atoms with E-state index in [-0.39, 0.29) is 11.5 Å². The Morgan fingerprint density at radius 3 is 2.50 bits per heavy atom. The lowest BCUT2D eigenvalue weighted by atomic mass is 9.81. The number of rotatable bonds is 4. The highest BCUT2D eigenvalue weighted by atomic mass is 79.9. The third-order valence-corrected chi connectivity index (χ3v) is 5.37. The van der Waals surface area contributed by atoms with Crippen molar-refractivity contribution in [2.75, 3.05) is 0 Å². The van der Waals surface area contributed by atoms with E-state index in [1.54, 1.807) is 11.3 Å². The number of thiophene rings is 1. The SMILES string of the molecule is CC(C)(C)c1ccccc1C(Cc1sccc1Br)NN. The van der Waals surface area contributed by atoms with Crippen LogP contribution in [0.25, 0.3) is 0 Å². The number of halogens is 1. The molecule has 1 aromatic carbocycles. The predicted molar refractivity (Wildman–Crippen MR) is 90.9 cm³/mol. The van der Waals surface area contributed by atoms with Gasteiger partial charge in [-0.2, -0.15) is 0 Å². The Morgan fingerprint density at radius 1 is 1.25 bits per heavy atom. The number of hydrazine groups is 1. The van der Waals surface area contributed by atoms with E-state index in [1.807, 2.05) is 0 Å². The summed E-state index contributed by atoms with van der Waals surface area (Å²) < 4.78 is 1.16. The van der Waals surface area contributed by atoms with Crippen LogP contribution in [0.5, 0.6) is 0 Å². The van der Waals surface area contributed by atoms with Crippen LogP contribution in [-0.2, 0) is 11.8 Å². The maximum Gasteiger partial charge on any atom is 0.0511 e. The molecule has 0 fully saturated rings. The van der Waals surface area contributed by atoms with Crippen LogP contribution in [0, 0.1) is 0 Å². The second-order valence-electron chi connectivity index (χ2n) is 5.95. The first-order valence-corrected chi connectivity index (χ1v) is 8.38. The average Bonchev–Trinajstić information content (AvgIpc) is 2.80. The van der Waals surface area contributed by atoms with Gasteiger partial charge in [-0.25, -0.2) is 0 Å². The first kappa shape index (κ1) is 15.7. The van der Waals surface area contributed by atoms with Gasteiger partial charge in [0.1, 0.15) is 0 Å². The molecule has 0 aliphatic heterocycles. The first-order chi connectivity index (χ1) is 9.43. The van der Waals surface area contributed by atoms with E-state index in [0.29, 0.717) is 0 Å². The third-order valence-electron chi connectivity index (χ3n) is 3.43. The number of hydrogen-bond acceptors (Lipinski definition) is 3. The summed E-state index contributed by atoms with van der Waals surface area (Å²) in [4.78, 5) is 1.32. The molecular formula is C16H21BrN2S. The number of hydrogen-bond donors (Lipinski definition) is 2. The molecule has 4 heteroatoms. The minimum absolute atomic E-state index is 0.109. The molecule has 0 spiro atoms. The zero-order valence-electron chi connectivity index (χ0n) is 12.1. The smallest absolute Gasteiger partial charge is 0.0511 e. The van der Waals surface area contributed by atoms with Crippen LogP contribution in [0.4, 0.5) is 0 Å². The molecule has 20 heavy (non-hydrogen) atoms. The summed E-state index contributed by atoms with van der Waals surface area (Å²) >= 11 is 5.36. The van der Waals surface area contributed by atoms with Crippen molar-refractivity contribution in [2.45, 2.75) is 38.6 Å². The van der Waals surface area contributed by atoms with Crippen molar-refractivity contribution in [3.05, 3.63) is 56.2 Å². The molecular weight excluding hydrogens is 332 g/mol. The molecule has 2 rings (SSSR count). The van der Waals surface area contributed by atoms with E-state index < -0.39 is 0 Å². The van der Waals surface area contributed by atoms with Crippen molar-refractivity contribution in [1.29, 1.82) is 0 Å². The fourth-order valence-corrected chi connectivity index (χ4v) is 3.96. The van der Waals surface area contributed by atoms with Gasteiger partial charge in [-0.05, 0) is 43.9 Å². The Morgan fingerprint density at radius 2 is 1.95 bits per heavy atom. The largest absolute Gasteiger partial charge is 0.271 e. The Labute approximate surface area is 133 Å². The monoisotopic (exact) mass is 352 g/mol. The van der Waals surface area contributed by atoms with Gasteiger partial charge in [0, 0.05) is 15.8 Å². The van der Waals surface area contributed by atoms with Crippen molar-refractivity contribution in [3.63, 3.8) is 0 Å². The van der Waals surface area contributed by atoms with Crippen molar-refractivity contribution in [3.8, 4) is 0 Å². The topological polar surface area (TPSA) is 38.0 Å². The molecule has 0 bridgehead atoms. The summed E-state index contributed by atoms with van der Waals surface area (Å²) in [5.74, 6) is 5.82. The van der Waals surface area contributed by atoms with Gasteiger partial charge in [-0.1, -0.05) is 45.0 Å². The summed E-state index contributed by atoms with van der Waals surface area (Å²) in [6, 6.07) is 10.8. The van der Waals surface area contributed by atoms with Gasteiger partial charge >= 0.3 is 0 Å². The molecule has 0 amide bonds. The van der Waals surface area contributed by atoms with Crippen LogP contribution in [0.3, 0.4) is 0 Å². The molecule has 0 radical (unpaired) electrons. The minimum Gasteiger partial charge on any atom is -0.271 e. The standard InChI is InChI=1S/C16H21BrN2S/c1-16(2,3)12-7-5-4-6-11(12)14(19-18)10-15-13(17)8-9-20-15/h4-9,14,19H,10,18H2,1-3H3. The van der Waals surface area contributed by atoms with E-state index in [4.69, 9.17) is 5.84 Å². The molecule has 1 heterocycles. The van der Waals surface area contributed by atoms with Crippen LogP contribution in [0.15, 0.2) is 40.2 Å². The molecule has 0 saturated carbocycles. The summed E-state index contributed by atoms with van der Waals surface area (Å²) in [5, 5.41) is 2.10.